The third-order valence-corrected chi connectivity index (χ3v) is 6.33. The number of hydrogen-bond acceptors (Lipinski definition) is 2. The predicted molar refractivity (Wildman–Crippen MR) is 122 cm³/mol. The highest BCUT2D eigenvalue weighted by atomic mass is 28.2. The number of methoxy groups -OCH3 is 2. The Bertz CT molecular complexity index is 1030. The molecule has 0 saturated heterocycles. The van der Waals surface area contributed by atoms with E-state index in [-0.39, 0.29) is 0 Å². The number of hydrogen-bond donors (Lipinski definition) is 0. The Labute approximate surface area is 174 Å². The van der Waals surface area contributed by atoms with Crippen molar-refractivity contribution < 1.29 is 9.47 Å². The average molecular weight is 395 g/mol. The van der Waals surface area contributed by atoms with Gasteiger partial charge in [0.2, 0.25) is 0 Å². The van der Waals surface area contributed by atoms with Crippen LogP contribution in [0.1, 0.15) is 0 Å². The van der Waals surface area contributed by atoms with Gasteiger partial charge in [0, 0.05) is 11.1 Å². The fourth-order valence-corrected chi connectivity index (χ4v) is 4.89. The molecule has 4 aromatic carbocycles. The molecule has 2 radical (unpaired) electrons. The molecular weight excluding hydrogens is 372 g/mol. The Morgan fingerprint density at radius 1 is 0.448 bits per heavy atom. The Morgan fingerprint density at radius 2 is 0.793 bits per heavy atom. The van der Waals surface area contributed by atoms with E-state index in [4.69, 9.17) is 9.47 Å². The van der Waals surface area contributed by atoms with E-state index in [9.17, 15) is 0 Å². The Morgan fingerprint density at radius 3 is 1.21 bits per heavy atom. The molecule has 2 nitrogen and oxygen atoms in total. The second kappa shape index (κ2) is 8.80. The zero-order valence-electron chi connectivity index (χ0n) is 16.6. The van der Waals surface area contributed by atoms with E-state index >= 15 is 0 Å². The average Bonchev–Trinajstić information content (AvgIpc) is 2.80. The Hall–Kier alpha value is -3.30. The molecule has 3 heteroatoms. The van der Waals surface area contributed by atoms with Gasteiger partial charge in [-0.25, -0.2) is 0 Å². The first-order chi connectivity index (χ1) is 14.3. The fraction of sp³-hybridized carbons (Fsp3) is 0.0769. The molecule has 0 aromatic heterocycles. The summed E-state index contributed by atoms with van der Waals surface area (Å²) in [6.45, 7) is 0. The molecule has 0 N–H and O–H groups in total. The standard InChI is InChI=1S/C26H22O2Si/c1-27-23-15-7-3-11-19(23)21-13-5-9-17-25(21)29-26-18-10-6-14-22(26)20-12-4-8-16-24(20)28-2/h3-18H,1-2H3. The van der Waals surface area contributed by atoms with Gasteiger partial charge in [-0.15, -0.1) is 0 Å². The summed E-state index contributed by atoms with van der Waals surface area (Å²) >= 11 is 0. The summed E-state index contributed by atoms with van der Waals surface area (Å²) in [5.41, 5.74) is 4.65. The van der Waals surface area contributed by atoms with Gasteiger partial charge in [0.15, 0.2) is 0 Å². The summed E-state index contributed by atoms with van der Waals surface area (Å²) in [4.78, 5) is 0. The van der Waals surface area contributed by atoms with Crippen LogP contribution in [0.2, 0.25) is 0 Å². The van der Waals surface area contributed by atoms with Crippen molar-refractivity contribution in [1.29, 1.82) is 0 Å². The fourth-order valence-electron chi connectivity index (χ4n) is 3.53. The molecule has 0 bridgehead atoms. The van der Waals surface area contributed by atoms with Gasteiger partial charge >= 0.3 is 0 Å². The van der Waals surface area contributed by atoms with Gasteiger partial charge in [0.1, 0.15) is 21.0 Å². The molecule has 0 amide bonds. The van der Waals surface area contributed by atoms with E-state index in [0.29, 0.717) is 9.52 Å². The van der Waals surface area contributed by atoms with Crippen molar-refractivity contribution in [2.45, 2.75) is 0 Å². The molecule has 0 heterocycles. The van der Waals surface area contributed by atoms with Gasteiger partial charge in [-0.1, -0.05) is 95.3 Å². The SMILES string of the molecule is COc1ccccc1-c1ccccc1[Si]c1ccccc1-c1ccccc1OC. The summed E-state index contributed by atoms with van der Waals surface area (Å²) in [6.07, 6.45) is 0. The van der Waals surface area contributed by atoms with Crippen LogP contribution in [-0.2, 0) is 0 Å². The van der Waals surface area contributed by atoms with E-state index in [1.807, 2.05) is 24.3 Å². The van der Waals surface area contributed by atoms with Crippen LogP contribution in [0.15, 0.2) is 97.1 Å². The maximum Gasteiger partial charge on any atom is 0.126 e. The highest BCUT2D eigenvalue weighted by Gasteiger charge is 2.14. The van der Waals surface area contributed by atoms with E-state index in [0.717, 1.165) is 22.6 Å². The van der Waals surface area contributed by atoms with E-state index < -0.39 is 0 Å². The summed E-state index contributed by atoms with van der Waals surface area (Å²) < 4.78 is 11.2. The minimum absolute atomic E-state index is 0.510. The molecule has 142 valence electrons. The molecule has 4 aromatic rings. The lowest BCUT2D eigenvalue weighted by atomic mass is 10.0. The topological polar surface area (TPSA) is 18.5 Å². The van der Waals surface area contributed by atoms with Gasteiger partial charge in [-0.05, 0) is 23.3 Å². The van der Waals surface area contributed by atoms with E-state index in [2.05, 4.69) is 72.8 Å². The van der Waals surface area contributed by atoms with Gasteiger partial charge in [-0.3, -0.25) is 0 Å². The lowest BCUT2D eigenvalue weighted by Gasteiger charge is -2.15. The summed E-state index contributed by atoms with van der Waals surface area (Å²) in [5, 5.41) is 2.58. The molecule has 0 unspecified atom stereocenters. The van der Waals surface area contributed by atoms with Crippen molar-refractivity contribution in [3.63, 3.8) is 0 Å². The third-order valence-electron chi connectivity index (χ3n) is 4.92. The minimum Gasteiger partial charge on any atom is -0.496 e. The van der Waals surface area contributed by atoms with Crippen LogP contribution in [0.25, 0.3) is 22.3 Å². The molecule has 0 atom stereocenters. The zero-order chi connectivity index (χ0) is 20.1. The van der Waals surface area contributed by atoms with Crippen LogP contribution >= 0.6 is 0 Å². The number of benzene rings is 4. The molecule has 0 spiro atoms. The minimum atomic E-state index is 0.510. The van der Waals surface area contributed by atoms with E-state index in [1.165, 1.54) is 21.5 Å². The Kier molecular flexibility index (Phi) is 5.78. The molecule has 0 fully saturated rings. The molecule has 0 aliphatic carbocycles. The number of ether oxygens (including phenoxy) is 2. The molecular formula is C26H22O2Si. The van der Waals surface area contributed by atoms with Crippen LogP contribution in [0, 0.1) is 0 Å². The summed E-state index contributed by atoms with van der Waals surface area (Å²) in [6, 6.07) is 33.5. The second-order valence-corrected chi connectivity index (χ2v) is 7.94. The molecule has 29 heavy (non-hydrogen) atoms. The molecule has 0 aliphatic rings. The highest BCUT2D eigenvalue weighted by Crippen LogP contribution is 2.30. The van der Waals surface area contributed by atoms with Crippen molar-refractivity contribution in [2.75, 3.05) is 14.2 Å². The lowest BCUT2D eigenvalue weighted by Crippen LogP contribution is -2.30. The summed E-state index contributed by atoms with van der Waals surface area (Å²) in [7, 11) is 3.96. The van der Waals surface area contributed by atoms with Crippen LogP contribution in [0.4, 0.5) is 0 Å². The van der Waals surface area contributed by atoms with Crippen molar-refractivity contribution in [2.24, 2.45) is 0 Å². The molecule has 0 aliphatic heterocycles. The predicted octanol–water partition coefficient (Wildman–Crippen LogP) is 4.69. The van der Waals surface area contributed by atoms with Gasteiger partial charge < -0.3 is 9.47 Å². The van der Waals surface area contributed by atoms with Crippen LogP contribution in [0.5, 0.6) is 11.5 Å². The lowest BCUT2D eigenvalue weighted by molar-refractivity contribution is 0.416. The second-order valence-electron chi connectivity index (χ2n) is 6.62. The highest BCUT2D eigenvalue weighted by molar-refractivity contribution is 6.70. The Balaban J connectivity index is 1.80. The van der Waals surface area contributed by atoms with Crippen molar-refractivity contribution >= 4 is 19.9 Å². The van der Waals surface area contributed by atoms with Crippen LogP contribution < -0.4 is 19.8 Å². The normalized spacial score (nSPS) is 10.6. The first-order valence-electron chi connectivity index (χ1n) is 9.53. The monoisotopic (exact) mass is 394 g/mol. The number of rotatable bonds is 6. The molecule has 4 rings (SSSR count). The van der Waals surface area contributed by atoms with Crippen molar-refractivity contribution in [3.05, 3.63) is 97.1 Å². The van der Waals surface area contributed by atoms with Crippen molar-refractivity contribution in [3.8, 4) is 33.8 Å². The first-order valence-corrected chi connectivity index (χ1v) is 10.5. The largest absolute Gasteiger partial charge is 0.496 e. The van der Waals surface area contributed by atoms with Gasteiger partial charge in [0.25, 0.3) is 0 Å². The first kappa shape index (κ1) is 19.0. The smallest absolute Gasteiger partial charge is 0.126 e. The van der Waals surface area contributed by atoms with E-state index in [1.54, 1.807) is 14.2 Å². The third kappa shape index (κ3) is 3.96. The van der Waals surface area contributed by atoms with Crippen LogP contribution in [-0.4, -0.2) is 23.7 Å². The van der Waals surface area contributed by atoms with Gasteiger partial charge in [-0.2, -0.15) is 0 Å². The number of para-hydroxylation sites is 2. The maximum atomic E-state index is 5.61. The zero-order valence-corrected chi connectivity index (χ0v) is 17.6. The maximum absolute atomic E-state index is 5.61. The molecule has 0 saturated carbocycles. The quantitative estimate of drug-likeness (QED) is 0.442. The van der Waals surface area contributed by atoms with Gasteiger partial charge in [0.05, 0.1) is 14.2 Å². The summed E-state index contributed by atoms with van der Waals surface area (Å²) in [5.74, 6) is 1.78. The van der Waals surface area contributed by atoms with Crippen LogP contribution in [0.3, 0.4) is 0 Å². The van der Waals surface area contributed by atoms with Crippen molar-refractivity contribution in [1.82, 2.24) is 0 Å².